The van der Waals surface area contributed by atoms with Gasteiger partial charge in [0, 0.05) is 6.07 Å². The van der Waals surface area contributed by atoms with Gasteiger partial charge in [0.15, 0.2) is 0 Å². The summed E-state index contributed by atoms with van der Waals surface area (Å²) in [5.74, 6) is -0.967. The van der Waals surface area contributed by atoms with E-state index in [2.05, 4.69) is 0 Å². The Labute approximate surface area is 82.9 Å². The molecule has 14 heavy (non-hydrogen) atoms. The van der Waals surface area contributed by atoms with Crippen LogP contribution >= 0.6 is 0 Å². The van der Waals surface area contributed by atoms with E-state index in [0.717, 1.165) is 25.3 Å². The molecule has 0 radical (unpaired) electrons. The summed E-state index contributed by atoms with van der Waals surface area (Å²) in [6, 6.07) is 3.73. The molecule has 3 heteroatoms. The van der Waals surface area contributed by atoms with Gasteiger partial charge in [0.25, 0.3) is 0 Å². The molecule has 1 aromatic rings. The lowest BCUT2D eigenvalue weighted by Gasteiger charge is -2.02. The molecule has 0 aliphatic carbocycles. The van der Waals surface area contributed by atoms with Crippen molar-refractivity contribution < 1.29 is 8.78 Å². The van der Waals surface area contributed by atoms with Gasteiger partial charge in [-0.25, -0.2) is 8.78 Å². The number of nitrogens with two attached hydrogens (primary N) is 1. The van der Waals surface area contributed by atoms with Crippen molar-refractivity contribution >= 4 is 0 Å². The van der Waals surface area contributed by atoms with Crippen molar-refractivity contribution in [2.75, 3.05) is 6.54 Å². The number of rotatable bonds is 5. The lowest BCUT2D eigenvalue weighted by atomic mass is 10.1. The maximum absolute atomic E-state index is 13.1. The van der Waals surface area contributed by atoms with Crippen molar-refractivity contribution in [2.24, 2.45) is 5.73 Å². The predicted octanol–water partition coefficient (Wildman–Crippen LogP) is 2.64. The Morgan fingerprint density at radius 3 is 2.50 bits per heavy atom. The lowest BCUT2D eigenvalue weighted by molar-refractivity contribution is 0.565. The summed E-state index contributed by atoms with van der Waals surface area (Å²) in [6.07, 6.45) is 3.52. The predicted molar refractivity (Wildman–Crippen MR) is 53.0 cm³/mol. The number of hydrogen-bond donors (Lipinski definition) is 1. The van der Waals surface area contributed by atoms with Crippen molar-refractivity contribution in [3.8, 4) is 0 Å². The Bertz CT molecular complexity index is 287. The van der Waals surface area contributed by atoms with E-state index in [0.29, 0.717) is 18.5 Å². The van der Waals surface area contributed by atoms with Gasteiger partial charge in [0.1, 0.15) is 11.6 Å². The van der Waals surface area contributed by atoms with E-state index in [-0.39, 0.29) is 0 Å². The van der Waals surface area contributed by atoms with Crippen LogP contribution in [0.3, 0.4) is 0 Å². The number of benzene rings is 1. The maximum atomic E-state index is 13.1. The summed E-state index contributed by atoms with van der Waals surface area (Å²) in [4.78, 5) is 0. The van der Waals surface area contributed by atoms with Crippen LogP contribution in [0.5, 0.6) is 0 Å². The zero-order valence-corrected chi connectivity index (χ0v) is 8.10. The minimum absolute atomic E-state index is 0.447. The van der Waals surface area contributed by atoms with E-state index >= 15 is 0 Å². The third-order valence-corrected chi connectivity index (χ3v) is 2.17. The molecule has 0 aliphatic heterocycles. The van der Waals surface area contributed by atoms with Gasteiger partial charge in [0.2, 0.25) is 0 Å². The van der Waals surface area contributed by atoms with Gasteiger partial charge in [-0.1, -0.05) is 12.5 Å². The Balaban J connectivity index is 2.42. The minimum Gasteiger partial charge on any atom is -0.330 e. The summed E-state index contributed by atoms with van der Waals surface area (Å²) in [6.45, 7) is 0.673. The third kappa shape index (κ3) is 3.42. The molecule has 0 fully saturated rings. The number of unbranched alkanes of at least 4 members (excludes halogenated alkanes) is 2. The largest absolute Gasteiger partial charge is 0.330 e. The van der Waals surface area contributed by atoms with Gasteiger partial charge in [-0.15, -0.1) is 0 Å². The Morgan fingerprint density at radius 1 is 1.07 bits per heavy atom. The van der Waals surface area contributed by atoms with E-state index in [1.165, 1.54) is 12.1 Å². The minimum atomic E-state index is -0.520. The highest BCUT2D eigenvalue weighted by molar-refractivity contribution is 5.18. The third-order valence-electron chi connectivity index (χ3n) is 2.17. The molecular formula is C11H15F2N. The molecule has 1 rings (SSSR count). The molecule has 78 valence electrons. The number of aryl methyl sites for hydroxylation is 1. The molecule has 2 N–H and O–H groups in total. The summed E-state index contributed by atoms with van der Waals surface area (Å²) in [5, 5.41) is 0. The van der Waals surface area contributed by atoms with Crippen molar-refractivity contribution in [3.05, 3.63) is 35.4 Å². The summed E-state index contributed by atoms with van der Waals surface area (Å²) in [7, 11) is 0. The van der Waals surface area contributed by atoms with E-state index in [4.69, 9.17) is 5.73 Å². The molecule has 0 heterocycles. The van der Waals surface area contributed by atoms with Gasteiger partial charge in [0.05, 0.1) is 0 Å². The highest BCUT2D eigenvalue weighted by Crippen LogP contribution is 2.12. The highest BCUT2D eigenvalue weighted by atomic mass is 19.1. The van der Waals surface area contributed by atoms with Crippen molar-refractivity contribution in [3.63, 3.8) is 0 Å². The van der Waals surface area contributed by atoms with Crippen LogP contribution in [0.2, 0.25) is 0 Å². The van der Waals surface area contributed by atoms with E-state index < -0.39 is 11.6 Å². The zero-order valence-electron chi connectivity index (χ0n) is 8.10. The van der Waals surface area contributed by atoms with Crippen molar-refractivity contribution in [1.82, 2.24) is 0 Å². The normalized spacial score (nSPS) is 10.5. The van der Waals surface area contributed by atoms with Crippen LogP contribution in [-0.2, 0) is 6.42 Å². The first-order valence-corrected chi connectivity index (χ1v) is 4.88. The zero-order chi connectivity index (χ0) is 10.4. The van der Waals surface area contributed by atoms with E-state index in [1.54, 1.807) is 0 Å². The molecule has 0 aromatic heterocycles. The van der Waals surface area contributed by atoms with Crippen LogP contribution < -0.4 is 5.73 Å². The molecular weight excluding hydrogens is 184 g/mol. The average molecular weight is 199 g/mol. The summed E-state index contributed by atoms with van der Waals surface area (Å²) in [5.41, 5.74) is 5.92. The molecule has 0 unspecified atom stereocenters. The molecule has 1 nitrogen and oxygen atoms in total. The molecule has 0 amide bonds. The van der Waals surface area contributed by atoms with Crippen LogP contribution in [0.25, 0.3) is 0 Å². The Morgan fingerprint density at radius 2 is 1.86 bits per heavy atom. The van der Waals surface area contributed by atoms with Gasteiger partial charge >= 0.3 is 0 Å². The Kier molecular flexibility index (Phi) is 4.53. The van der Waals surface area contributed by atoms with Gasteiger partial charge in [-0.3, -0.25) is 0 Å². The molecule has 1 aromatic carbocycles. The first-order valence-electron chi connectivity index (χ1n) is 4.88. The van der Waals surface area contributed by atoms with Gasteiger partial charge in [-0.2, -0.15) is 0 Å². The fourth-order valence-electron chi connectivity index (χ4n) is 1.36. The fraction of sp³-hybridized carbons (Fsp3) is 0.455. The second-order valence-corrected chi connectivity index (χ2v) is 3.34. The maximum Gasteiger partial charge on any atom is 0.129 e. The van der Waals surface area contributed by atoms with Crippen LogP contribution in [0.15, 0.2) is 18.2 Å². The summed E-state index contributed by atoms with van der Waals surface area (Å²) < 4.78 is 25.6. The van der Waals surface area contributed by atoms with Crippen LogP contribution in [0.1, 0.15) is 24.8 Å². The smallest absolute Gasteiger partial charge is 0.129 e. The first-order chi connectivity index (χ1) is 6.74. The Hall–Kier alpha value is -0.960. The molecule has 0 atom stereocenters. The standard InChI is InChI=1S/C11H15F2N/c12-10-6-5-9(11(13)8-10)4-2-1-3-7-14/h5-6,8H,1-4,7,14H2. The quantitative estimate of drug-likeness (QED) is 0.725. The van der Waals surface area contributed by atoms with Gasteiger partial charge in [-0.05, 0) is 37.4 Å². The second-order valence-electron chi connectivity index (χ2n) is 3.34. The SMILES string of the molecule is NCCCCCc1ccc(F)cc1F. The fourth-order valence-corrected chi connectivity index (χ4v) is 1.36. The highest BCUT2D eigenvalue weighted by Gasteiger charge is 2.02. The number of halogens is 2. The second kappa shape index (κ2) is 5.70. The van der Waals surface area contributed by atoms with Crippen LogP contribution in [-0.4, -0.2) is 6.54 Å². The molecule has 0 aliphatic rings. The van der Waals surface area contributed by atoms with Crippen molar-refractivity contribution in [1.29, 1.82) is 0 Å². The molecule has 0 saturated heterocycles. The van der Waals surface area contributed by atoms with Gasteiger partial charge < -0.3 is 5.73 Å². The van der Waals surface area contributed by atoms with E-state index in [9.17, 15) is 8.78 Å². The molecule has 0 spiro atoms. The van der Waals surface area contributed by atoms with Crippen LogP contribution in [0, 0.1) is 11.6 Å². The summed E-state index contributed by atoms with van der Waals surface area (Å²) >= 11 is 0. The van der Waals surface area contributed by atoms with Crippen molar-refractivity contribution in [2.45, 2.75) is 25.7 Å². The monoisotopic (exact) mass is 199 g/mol. The lowest BCUT2D eigenvalue weighted by Crippen LogP contribution is -1.99. The molecule has 0 bridgehead atoms. The van der Waals surface area contributed by atoms with Crippen LogP contribution in [0.4, 0.5) is 8.78 Å². The number of hydrogen-bond acceptors (Lipinski definition) is 1. The topological polar surface area (TPSA) is 26.0 Å². The first kappa shape index (κ1) is 11.1. The van der Waals surface area contributed by atoms with E-state index in [1.807, 2.05) is 0 Å². The average Bonchev–Trinajstić information content (AvgIpc) is 2.15. The molecule has 0 saturated carbocycles.